The van der Waals surface area contributed by atoms with Crippen molar-refractivity contribution in [1.29, 1.82) is 0 Å². The SMILES string of the molecule is CCc1nc2ccn(Cc3ccccc3C)c(=O)c2n1[C@H]1CCc2cc(-c3ccccc3-c3nnnn3C(c3ccccc3)(c3ccccc3)c3ccccc3)ccc21. The molecule has 59 heavy (non-hydrogen) atoms. The van der Waals surface area contributed by atoms with Crippen LogP contribution in [0.5, 0.6) is 0 Å². The highest BCUT2D eigenvalue weighted by Crippen LogP contribution is 2.44. The fourth-order valence-corrected chi connectivity index (χ4v) is 9.32. The van der Waals surface area contributed by atoms with E-state index in [9.17, 15) is 4.79 Å². The molecule has 0 saturated carbocycles. The summed E-state index contributed by atoms with van der Waals surface area (Å²) in [5.74, 6) is 1.60. The van der Waals surface area contributed by atoms with Crippen LogP contribution in [0.3, 0.4) is 0 Å². The number of benzene rings is 6. The van der Waals surface area contributed by atoms with Crippen LogP contribution in [0, 0.1) is 6.92 Å². The van der Waals surface area contributed by atoms with Crippen molar-refractivity contribution >= 4 is 11.0 Å². The first-order chi connectivity index (χ1) is 29.1. The van der Waals surface area contributed by atoms with Crippen LogP contribution in [-0.4, -0.2) is 34.3 Å². The third-order valence-electron chi connectivity index (χ3n) is 12.1. The maximum atomic E-state index is 14.3. The van der Waals surface area contributed by atoms with E-state index in [1.807, 2.05) is 51.8 Å². The Kier molecular flexibility index (Phi) is 9.17. The second-order valence-corrected chi connectivity index (χ2v) is 15.4. The summed E-state index contributed by atoms with van der Waals surface area (Å²) in [6.07, 6.45) is 4.39. The molecule has 0 fully saturated rings. The quantitative estimate of drug-likeness (QED) is 0.129. The van der Waals surface area contributed by atoms with Crippen LogP contribution < -0.4 is 5.56 Å². The van der Waals surface area contributed by atoms with Crippen molar-refractivity contribution in [3.05, 3.63) is 225 Å². The topological polar surface area (TPSA) is 83.4 Å². The molecule has 8 nitrogen and oxygen atoms in total. The molecule has 3 aromatic heterocycles. The molecule has 3 heterocycles. The monoisotopic (exact) mass is 769 g/mol. The molecule has 0 spiro atoms. The van der Waals surface area contributed by atoms with Crippen LogP contribution in [-0.2, 0) is 24.9 Å². The van der Waals surface area contributed by atoms with Crippen molar-refractivity contribution in [3.8, 4) is 22.5 Å². The Morgan fingerprint density at radius 2 is 1.34 bits per heavy atom. The molecule has 0 amide bonds. The Balaban J connectivity index is 1.08. The maximum Gasteiger partial charge on any atom is 0.277 e. The summed E-state index contributed by atoms with van der Waals surface area (Å²) in [7, 11) is 0. The average molecular weight is 770 g/mol. The van der Waals surface area contributed by atoms with E-state index in [4.69, 9.17) is 15.3 Å². The minimum atomic E-state index is -0.871. The lowest BCUT2D eigenvalue weighted by atomic mass is 9.77. The molecule has 0 unspecified atom stereocenters. The van der Waals surface area contributed by atoms with Gasteiger partial charge in [-0.2, -0.15) is 0 Å². The molecule has 0 saturated heterocycles. The van der Waals surface area contributed by atoms with Crippen LogP contribution in [0.25, 0.3) is 33.5 Å². The molecule has 1 aliphatic carbocycles. The normalized spacial score (nSPS) is 13.8. The Bertz CT molecular complexity index is 2910. The van der Waals surface area contributed by atoms with Gasteiger partial charge in [-0.1, -0.05) is 165 Å². The van der Waals surface area contributed by atoms with Gasteiger partial charge >= 0.3 is 0 Å². The fourth-order valence-electron chi connectivity index (χ4n) is 9.32. The summed E-state index contributed by atoms with van der Waals surface area (Å²) in [5, 5.41) is 14.0. The number of fused-ring (bicyclic) bond motifs is 2. The van der Waals surface area contributed by atoms with E-state index in [2.05, 4.69) is 151 Å². The third-order valence-corrected chi connectivity index (χ3v) is 12.1. The van der Waals surface area contributed by atoms with Crippen LogP contribution in [0.2, 0.25) is 0 Å². The van der Waals surface area contributed by atoms with Gasteiger partial charge in [-0.3, -0.25) is 4.79 Å². The van der Waals surface area contributed by atoms with Gasteiger partial charge in [0.25, 0.3) is 5.56 Å². The number of aromatic nitrogens is 7. The van der Waals surface area contributed by atoms with Gasteiger partial charge in [-0.25, -0.2) is 9.67 Å². The Hall–Kier alpha value is -7.19. The first kappa shape index (κ1) is 36.2. The van der Waals surface area contributed by atoms with Gasteiger partial charge in [0, 0.05) is 18.2 Å². The Morgan fingerprint density at radius 1 is 0.712 bits per heavy atom. The second-order valence-electron chi connectivity index (χ2n) is 15.4. The highest BCUT2D eigenvalue weighted by atomic mass is 16.1. The maximum absolute atomic E-state index is 14.3. The average Bonchev–Trinajstić information content (AvgIpc) is 4.04. The van der Waals surface area contributed by atoms with Gasteiger partial charge in [-0.15, -0.1) is 5.10 Å². The van der Waals surface area contributed by atoms with Crippen molar-refractivity contribution in [2.45, 2.75) is 51.2 Å². The number of aryl methyl sites for hydroxylation is 3. The predicted octanol–water partition coefficient (Wildman–Crippen LogP) is 9.81. The van der Waals surface area contributed by atoms with Gasteiger partial charge in [0.2, 0.25) is 0 Å². The first-order valence-corrected chi connectivity index (χ1v) is 20.4. The molecule has 0 radical (unpaired) electrons. The molecule has 10 rings (SSSR count). The van der Waals surface area contributed by atoms with Gasteiger partial charge in [0.05, 0.1) is 18.1 Å². The minimum Gasteiger partial charge on any atom is -0.316 e. The number of imidazole rings is 1. The molecule has 0 bridgehead atoms. The lowest BCUT2D eigenvalue weighted by molar-refractivity contribution is 0.451. The van der Waals surface area contributed by atoms with Crippen LogP contribution in [0.1, 0.15) is 64.2 Å². The molecule has 6 aromatic carbocycles. The van der Waals surface area contributed by atoms with Crippen LogP contribution >= 0.6 is 0 Å². The van der Waals surface area contributed by atoms with Crippen molar-refractivity contribution < 1.29 is 0 Å². The van der Waals surface area contributed by atoms with E-state index in [0.29, 0.717) is 17.9 Å². The molecule has 9 aromatic rings. The number of nitrogens with zero attached hydrogens (tertiary/aromatic N) is 7. The lowest BCUT2D eigenvalue weighted by Gasteiger charge is -2.36. The zero-order chi connectivity index (χ0) is 39.9. The highest BCUT2D eigenvalue weighted by molar-refractivity contribution is 5.82. The fraction of sp³-hybridized carbons (Fsp3) is 0.157. The molecular weight excluding hydrogens is 727 g/mol. The Morgan fingerprint density at radius 3 is 2.00 bits per heavy atom. The Labute approximate surface area is 343 Å². The van der Waals surface area contributed by atoms with E-state index in [-0.39, 0.29) is 11.6 Å². The van der Waals surface area contributed by atoms with Gasteiger partial charge < -0.3 is 9.13 Å². The van der Waals surface area contributed by atoms with Crippen molar-refractivity contribution in [2.24, 2.45) is 0 Å². The molecule has 1 aliphatic rings. The smallest absolute Gasteiger partial charge is 0.277 e. The molecular formula is C51H43N7O. The van der Waals surface area contributed by atoms with Gasteiger partial charge in [0.1, 0.15) is 16.9 Å². The predicted molar refractivity (Wildman–Crippen MR) is 233 cm³/mol. The summed E-state index contributed by atoms with van der Waals surface area (Å²) < 4.78 is 6.06. The van der Waals surface area contributed by atoms with E-state index in [1.54, 1.807) is 0 Å². The van der Waals surface area contributed by atoms with E-state index >= 15 is 0 Å². The standard InChI is InChI=1S/C51H43N7O/c1-3-47-52-45-31-32-56(34-38-18-14-13-17-35(38)2)50(59)48(45)57(47)46-30-28-37-33-36(27-29-43(37)46)42-25-15-16-26-44(42)49-53-54-55-58(49)51(39-19-7-4-8-20-39,40-21-9-5-10-22-40)41-23-11-6-12-24-41/h4-27,29,31-33,46H,3,28,30,34H2,1-2H3/t46-/m0/s1. The molecule has 1 atom stereocenters. The van der Waals surface area contributed by atoms with Crippen LogP contribution in [0.4, 0.5) is 0 Å². The highest BCUT2D eigenvalue weighted by Gasteiger charge is 2.42. The van der Waals surface area contributed by atoms with E-state index in [1.165, 1.54) is 16.7 Å². The van der Waals surface area contributed by atoms with Crippen molar-refractivity contribution in [2.75, 3.05) is 0 Å². The third kappa shape index (κ3) is 6.02. The molecule has 288 valence electrons. The number of pyridine rings is 1. The van der Waals surface area contributed by atoms with Gasteiger partial charge in [-0.05, 0) is 86.3 Å². The van der Waals surface area contributed by atoms with E-state index in [0.717, 1.165) is 69.5 Å². The summed E-state index contributed by atoms with van der Waals surface area (Å²) in [6, 6.07) is 56.9. The van der Waals surface area contributed by atoms with E-state index < -0.39 is 5.54 Å². The van der Waals surface area contributed by atoms with Crippen LogP contribution in [0.15, 0.2) is 175 Å². The molecule has 8 heteroatoms. The number of hydrogen-bond donors (Lipinski definition) is 0. The summed E-state index contributed by atoms with van der Waals surface area (Å²) in [6.45, 7) is 4.73. The summed E-state index contributed by atoms with van der Waals surface area (Å²) >= 11 is 0. The number of tetrazole rings is 1. The second kappa shape index (κ2) is 15.0. The van der Waals surface area contributed by atoms with Gasteiger partial charge in [0.15, 0.2) is 5.82 Å². The number of rotatable bonds is 10. The first-order valence-electron chi connectivity index (χ1n) is 20.4. The largest absolute Gasteiger partial charge is 0.316 e. The zero-order valence-corrected chi connectivity index (χ0v) is 33.1. The van der Waals surface area contributed by atoms with Crippen molar-refractivity contribution in [1.82, 2.24) is 34.3 Å². The minimum absolute atomic E-state index is 0.00628. The molecule has 0 aliphatic heterocycles. The summed E-state index contributed by atoms with van der Waals surface area (Å²) in [4.78, 5) is 19.3. The van der Waals surface area contributed by atoms with Crippen molar-refractivity contribution in [3.63, 3.8) is 0 Å². The summed E-state index contributed by atoms with van der Waals surface area (Å²) in [5.41, 5.74) is 11.6. The molecule has 0 N–H and O–H groups in total. The number of hydrogen-bond acceptors (Lipinski definition) is 5. The zero-order valence-electron chi connectivity index (χ0n) is 33.1. The lowest BCUT2D eigenvalue weighted by Crippen LogP contribution is -2.39.